The van der Waals surface area contributed by atoms with Gasteiger partial charge in [0.15, 0.2) is 0 Å². The Morgan fingerprint density at radius 1 is 1.46 bits per heavy atom. The molecule has 0 unspecified atom stereocenters. The molecule has 1 N–H and O–H groups in total. The van der Waals surface area contributed by atoms with E-state index in [1.807, 2.05) is 31.3 Å². The van der Waals surface area contributed by atoms with E-state index in [-0.39, 0.29) is 17.5 Å². The van der Waals surface area contributed by atoms with Crippen LogP contribution in [0.1, 0.15) is 38.8 Å². The first-order valence-electron chi connectivity index (χ1n) is 8.54. The molecule has 1 aromatic rings. The van der Waals surface area contributed by atoms with Crippen LogP contribution >= 0.6 is 0 Å². The summed E-state index contributed by atoms with van der Waals surface area (Å²) in [7, 11) is 3.50. The zero-order valence-electron chi connectivity index (χ0n) is 15.5. The van der Waals surface area contributed by atoms with Crippen molar-refractivity contribution < 1.29 is 14.3 Å². The third-order valence-electron chi connectivity index (χ3n) is 4.46. The zero-order chi connectivity index (χ0) is 17.7. The molecular formula is C19H30N2O3. The Bertz CT molecular complexity index is 548. The van der Waals surface area contributed by atoms with E-state index in [0.29, 0.717) is 5.92 Å². The van der Waals surface area contributed by atoms with Crippen LogP contribution in [0.2, 0.25) is 0 Å². The highest BCUT2D eigenvalue weighted by atomic mass is 16.5. The summed E-state index contributed by atoms with van der Waals surface area (Å²) in [6.07, 6.45) is 1.02. The molecular weight excluding hydrogens is 304 g/mol. The average molecular weight is 334 g/mol. The zero-order valence-corrected chi connectivity index (χ0v) is 15.5. The molecule has 134 valence electrons. The van der Waals surface area contributed by atoms with Gasteiger partial charge in [0.2, 0.25) is 0 Å². The molecule has 0 aromatic heterocycles. The van der Waals surface area contributed by atoms with Crippen LogP contribution in [0.4, 0.5) is 4.79 Å². The fraction of sp³-hybridized carbons (Fsp3) is 0.632. The van der Waals surface area contributed by atoms with Gasteiger partial charge in [-0.15, -0.1) is 0 Å². The minimum absolute atomic E-state index is 0.0513. The molecule has 1 aliphatic rings. The second-order valence-corrected chi connectivity index (χ2v) is 7.64. The number of hydrogen-bond acceptors (Lipinski definition) is 3. The summed E-state index contributed by atoms with van der Waals surface area (Å²) < 4.78 is 10.7. The van der Waals surface area contributed by atoms with Gasteiger partial charge in [0, 0.05) is 26.1 Å². The fourth-order valence-corrected chi connectivity index (χ4v) is 3.05. The van der Waals surface area contributed by atoms with Crippen LogP contribution in [0.15, 0.2) is 24.3 Å². The minimum atomic E-state index is -0.112. The highest BCUT2D eigenvalue weighted by Crippen LogP contribution is 2.34. The number of benzene rings is 1. The topological polar surface area (TPSA) is 50.8 Å². The maximum atomic E-state index is 12.7. The van der Waals surface area contributed by atoms with E-state index in [0.717, 1.165) is 37.5 Å². The van der Waals surface area contributed by atoms with E-state index in [4.69, 9.17) is 9.47 Å². The third kappa shape index (κ3) is 4.87. The number of carbonyl (C=O) groups excluding carboxylic acids is 1. The first kappa shape index (κ1) is 18.6. The molecule has 0 radical (unpaired) electrons. The normalized spacial score (nSPS) is 19.0. The molecule has 0 saturated carbocycles. The summed E-state index contributed by atoms with van der Waals surface area (Å²) in [5.41, 5.74) is 0.937. The highest BCUT2D eigenvalue weighted by molar-refractivity contribution is 5.74. The predicted octanol–water partition coefficient (Wildman–Crippen LogP) is 3.46. The van der Waals surface area contributed by atoms with Crippen molar-refractivity contribution in [3.8, 4) is 5.75 Å². The van der Waals surface area contributed by atoms with Crippen LogP contribution in [0.5, 0.6) is 5.75 Å². The van der Waals surface area contributed by atoms with Crippen LogP contribution in [0.3, 0.4) is 0 Å². The predicted molar refractivity (Wildman–Crippen MR) is 95.3 cm³/mol. The molecule has 5 nitrogen and oxygen atoms in total. The molecule has 1 heterocycles. The van der Waals surface area contributed by atoms with Crippen molar-refractivity contribution >= 4 is 6.03 Å². The first-order chi connectivity index (χ1) is 11.3. The summed E-state index contributed by atoms with van der Waals surface area (Å²) >= 11 is 0. The van der Waals surface area contributed by atoms with Gasteiger partial charge < -0.3 is 19.7 Å². The molecule has 2 amide bonds. The fourth-order valence-electron chi connectivity index (χ4n) is 3.05. The lowest BCUT2D eigenvalue weighted by atomic mass is 9.82. The number of nitrogens with one attached hydrogen (secondary N) is 1. The number of carbonyl (C=O) groups is 1. The lowest BCUT2D eigenvalue weighted by molar-refractivity contribution is 0.165. The molecule has 1 aliphatic heterocycles. The van der Waals surface area contributed by atoms with E-state index in [1.165, 1.54) is 0 Å². The van der Waals surface area contributed by atoms with Gasteiger partial charge in [-0.3, -0.25) is 0 Å². The maximum Gasteiger partial charge on any atom is 0.317 e. The lowest BCUT2D eigenvalue weighted by Crippen LogP contribution is -2.45. The van der Waals surface area contributed by atoms with Crippen molar-refractivity contribution in [2.24, 2.45) is 11.3 Å². The molecule has 0 bridgehead atoms. The number of methoxy groups -OCH3 is 1. The minimum Gasteiger partial charge on any atom is -0.497 e. The molecule has 1 saturated heterocycles. The Hall–Kier alpha value is -1.75. The molecule has 2 rings (SSSR count). The van der Waals surface area contributed by atoms with E-state index in [2.05, 4.69) is 26.1 Å². The number of urea groups is 1. The van der Waals surface area contributed by atoms with Gasteiger partial charge in [0.25, 0.3) is 0 Å². The third-order valence-corrected chi connectivity index (χ3v) is 4.46. The summed E-state index contributed by atoms with van der Waals surface area (Å²) in [5, 5.41) is 3.19. The van der Waals surface area contributed by atoms with Gasteiger partial charge in [-0.1, -0.05) is 32.9 Å². The first-order valence-corrected chi connectivity index (χ1v) is 8.54. The number of nitrogens with zero attached hydrogens (tertiary/aromatic N) is 1. The lowest BCUT2D eigenvalue weighted by Gasteiger charge is -2.34. The second kappa shape index (κ2) is 7.88. The Kier molecular flexibility index (Phi) is 6.10. The van der Waals surface area contributed by atoms with Gasteiger partial charge >= 0.3 is 6.03 Å². The van der Waals surface area contributed by atoms with Crippen molar-refractivity contribution in [3.05, 3.63) is 29.8 Å². The highest BCUT2D eigenvalue weighted by Gasteiger charge is 2.30. The smallest absolute Gasteiger partial charge is 0.317 e. The second-order valence-electron chi connectivity index (χ2n) is 7.64. The van der Waals surface area contributed by atoms with Gasteiger partial charge in [-0.2, -0.15) is 0 Å². The summed E-state index contributed by atoms with van der Waals surface area (Å²) in [6, 6.07) is 7.74. The quantitative estimate of drug-likeness (QED) is 0.897. The molecule has 2 atom stereocenters. The Morgan fingerprint density at radius 3 is 2.79 bits per heavy atom. The van der Waals surface area contributed by atoms with Gasteiger partial charge in [0.1, 0.15) is 5.75 Å². The van der Waals surface area contributed by atoms with Crippen molar-refractivity contribution in [3.63, 3.8) is 0 Å². The summed E-state index contributed by atoms with van der Waals surface area (Å²) in [6.45, 7) is 8.65. The van der Waals surface area contributed by atoms with Gasteiger partial charge in [0.05, 0.1) is 19.8 Å². The summed E-state index contributed by atoms with van der Waals surface area (Å²) in [4.78, 5) is 14.4. The van der Waals surface area contributed by atoms with Crippen LogP contribution in [-0.2, 0) is 4.74 Å². The van der Waals surface area contributed by atoms with Crippen molar-refractivity contribution in [1.82, 2.24) is 10.2 Å². The van der Waals surface area contributed by atoms with Crippen LogP contribution in [-0.4, -0.2) is 44.8 Å². The molecule has 0 aliphatic carbocycles. The molecule has 5 heteroatoms. The monoisotopic (exact) mass is 334 g/mol. The SMILES string of the molecule is COc1cccc([C@@H](NC(=O)N(C)C[C@@H]2CCOC2)C(C)(C)C)c1. The molecule has 1 aromatic carbocycles. The largest absolute Gasteiger partial charge is 0.497 e. The number of hydrogen-bond donors (Lipinski definition) is 1. The van der Waals surface area contributed by atoms with Crippen molar-refractivity contribution in [1.29, 1.82) is 0 Å². The van der Waals surface area contributed by atoms with E-state index >= 15 is 0 Å². The number of ether oxygens (including phenoxy) is 2. The van der Waals surface area contributed by atoms with Gasteiger partial charge in [-0.05, 0) is 29.5 Å². The van der Waals surface area contributed by atoms with Crippen LogP contribution in [0, 0.1) is 11.3 Å². The van der Waals surface area contributed by atoms with Crippen LogP contribution < -0.4 is 10.1 Å². The molecule has 0 spiro atoms. The molecule has 24 heavy (non-hydrogen) atoms. The molecule has 1 fully saturated rings. The number of amides is 2. The number of rotatable bonds is 5. The van der Waals surface area contributed by atoms with E-state index in [9.17, 15) is 4.79 Å². The Labute approximate surface area is 145 Å². The standard InChI is InChI=1S/C19H30N2O3/c1-19(2,3)17(15-7-6-8-16(11-15)23-5)20-18(22)21(4)12-14-9-10-24-13-14/h6-8,11,14,17H,9-10,12-13H2,1-5H3,(H,20,22)/t14-,17+/m0/s1. The van der Waals surface area contributed by atoms with Crippen molar-refractivity contribution in [2.75, 3.05) is 33.9 Å². The summed E-state index contributed by atoms with van der Waals surface area (Å²) in [5.74, 6) is 1.23. The van der Waals surface area contributed by atoms with E-state index < -0.39 is 0 Å². The average Bonchev–Trinajstić information content (AvgIpc) is 3.04. The van der Waals surface area contributed by atoms with E-state index in [1.54, 1.807) is 12.0 Å². The maximum absolute atomic E-state index is 12.7. The van der Waals surface area contributed by atoms with Crippen LogP contribution in [0.25, 0.3) is 0 Å². The Balaban J connectivity index is 2.09. The van der Waals surface area contributed by atoms with Gasteiger partial charge in [-0.25, -0.2) is 4.79 Å². The van der Waals surface area contributed by atoms with Crippen molar-refractivity contribution in [2.45, 2.75) is 33.2 Å². The Morgan fingerprint density at radius 2 is 2.21 bits per heavy atom.